The highest BCUT2D eigenvalue weighted by molar-refractivity contribution is 7.99. The van der Waals surface area contributed by atoms with Crippen LogP contribution in [-0.2, 0) is 13.6 Å². The Bertz CT molecular complexity index is 577. The summed E-state index contributed by atoms with van der Waals surface area (Å²) < 4.78 is 7.29. The van der Waals surface area contributed by atoms with E-state index in [4.69, 9.17) is 16.3 Å². The fourth-order valence-electron chi connectivity index (χ4n) is 1.84. The van der Waals surface area contributed by atoms with Crippen LogP contribution in [0.15, 0.2) is 23.4 Å². The summed E-state index contributed by atoms with van der Waals surface area (Å²) in [4.78, 5) is 0. The van der Waals surface area contributed by atoms with Gasteiger partial charge in [0.25, 0.3) is 0 Å². The molecule has 0 bridgehead atoms. The van der Waals surface area contributed by atoms with E-state index >= 15 is 0 Å². The molecule has 1 heterocycles. The van der Waals surface area contributed by atoms with E-state index in [9.17, 15) is 0 Å². The highest BCUT2D eigenvalue weighted by atomic mass is 35.5. The van der Waals surface area contributed by atoms with Gasteiger partial charge >= 0.3 is 0 Å². The van der Waals surface area contributed by atoms with Crippen LogP contribution in [0.5, 0.6) is 5.75 Å². The Kier molecular flexibility index (Phi) is 6.28. The van der Waals surface area contributed by atoms with Crippen molar-refractivity contribution in [2.45, 2.75) is 18.6 Å². The minimum atomic E-state index is 0.656. The number of halogens is 1. The third-order valence-corrected chi connectivity index (χ3v) is 4.10. The fourth-order valence-corrected chi connectivity index (χ4v) is 2.82. The Balaban J connectivity index is 1.78. The summed E-state index contributed by atoms with van der Waals surface area (Å²) in [5, 5.41) is 15.1. The predicted molar refractivity (Wildman–Crippen MR) is 82.6 cm³/mol. The quantitative estimate of drug-likeness (QED) is 0.581. The van der Waals surface area contributed by atoms with Crippen LogP contribution >= 0.6 is 23.4 Å². The molecule has 6 nitrogen and oxygen atoms in total. The van der Waals surface area contributed by atoms with Gasteiger partial charge in [-0.3, -0.25) is 0 Å². The number of aryl methyl sites for hydroxylation is 1. The Morgan fingerprint density at radius 3 is 3.00 bits per heavy atom. The SMILES string of the molecule is CCOc1ccc(Cl)cc1C[NH2+]CCSc1nnnn1C. The molecular weight excluding hydrogens is 310 g/mol. The van der Waals surface area contributed by atoms with E-state index in [0.29, 0.717) is 6.61 Å². The normalized spacial score (nSPS) is 10.8. The van der Waals surface area contributed by atoms with Crippen molar-refractivity contribution >= 4 is 23.4 Å². The van der Waals surface area contributed by atoms with Crippen LogP contribution in [0.1, 0.15) is 12.5 Å². The second-order valence-electron chi connectivity index (χ2n) is 4.40. The maximum atomic E-state index is 6.04. The van der Waals surface area contributed by atoms with Gasteiger partial charge < -0.3 is 10.1 Å². The number of aromatic nitrogens is 4. The molecule has 1 aromatic heterocycles. The number of hydrogen-bond acceptors (Lipinski definition) is 5. The first-order valence-electron chi connectivity index (χ1n) is 6.78. The smallest absolute Gasteiger partial charge is 0.209 e. The molecule has 2 N–H and O–H groups in total. The molecule has 114 valence electrons. The Morgan fingerprint density at radius 2 is 2.29 bits per heavy atom. The molecule has 0 aliphatic rings. The number of rotatable bonds is 8. The second-order valence-corrected chi connectivity index (χ2v) is 5.90. The molecule has 0 saturated carbocycles. The van der Waals surface area contributed by atoms with Gasteiger partial charge in [-0.1, -0.05) is 23.4 Å². The molecule has 8 heteroatoms. The number of benzene rings is 1. The summed E-state index contributed by atoms with van der Waals surface area (Å²) in [6.07, 6.45) is 0. The zero-order valence-electron chi connectivity index (χ0n) is 12.1. The molecule has 2 aromatic rings. The van der Waals surface area contributed by atoms with Crippen LogP contribution in [0.2, 0.25) is 5.02 Å². The third kappa shape index (κ3) is 4.87. The van der Waals surface area contributed by atoms with Gasteiger partial charge in [0.2, 0.25) is 5.16 Å². The second kappa shape index (κ2) is 8.21. The zero-order valence-corrected chi connectivity index (χ0v) is 13.7. The Hall–Kier alpha value is -1.31. The van der Waals surface area contributed by atoms with Gasteiger partial charge in [-0.25, -0.2) is 4.68 Å². The van der Waals surface area contributed by atoms with E-state index in [2.05, 4.69) is 20.8 Å². The van der Waals surface area contributed by atoms with Gasteiger partial charge in [0.05, 0.1) is 18.9 Å². The van der Waals surface area contributed by atoms with Gasteiger partial charge in [-0.15, -0.1) is 5.10 Å². The molecule has 0 unspecified atom stereocenters. The number of nitrogens with two attached hydrogens (primary N) is 1. The fraction of sp³-hybridized carbons (Fsp3) is 0.462. The van der Waals surface area contributed by atoms with Crippen molar-refractivity contribution in [3.8, 4) is 5.75 Å². The van der Waals surface area contributed by atoms with Gasteiger partial charge in [0, 0.05) is 17.6 Å². The molecule has 0 fully saturated rings. The highest BCUT2D eigenvalue weighted by Crippen LogP contribution is 2.22. The van der Waals surface area contributed by atoms with Crippen molar-refractivity contribution in [1.82, 2.24) is 20.2 Å². The summed E-state index contributed by atoms with van der Waals surface area (Å²) in [7, 11) is 1.84. The van der Waals surface area contributed by atoms with Crippen molar-refractivity contribution in [1.29, 1.82) is 0 Å². The van der Waals surface area contributed by atoms with Gasteiger partial charge in [0.15, 0.2) is 0 Å². The maximum absolute atomic E-state index is 6.04. The lowest BCUT2D eigenvalue weighted by atomic mass is 10.2. The molecule has 0 aliphatic heterocycles. The van der Waals surface area contributed by atoms with Crippen molar-refractivity contribution in [3.63, 3.8) is 0 Å². The summed E-state index contributed by atoms with van der Waals surface area (Å²) >= 11 is 7.69. The molecule has 1 aromatic carbocycles. The van der Waals surface area contributed by atoms with E-state index in [1.807, 2.05) is 32.2 Å². The van der Waals surface area contributed by atoms with E-state index in [1.54, 1.807) is 16.4 Å². The summed E-state index contributed by atoms with van der Waals surface area (Å²) in [5.41, 5.74) is 1.12. The van der Waals surface area contributed by atoms with E-state index in [1.165, 1.54) is 0 Å². The zero-order chi connectivity index (χ0) is 15.1. The maximum Gasteiger partial charge on any atom is 0.209 e. The number of hydrogen-bond donors (Lipinski definition) is 1. The van der Waals surface area contributed by atoms with Crippen LogP contribution in [0.3, 0.4) is 0 Å². The lowest BCUT2D eigenvalue weighted by molar-refractivity contribution is -0.666. The molecular formula is C13H19ClN5OS+. The van der Waals surface area contributed by atoms with Crippen LogP contribution in [0.4, 0.5) is 0 Å². The van der Waals surface area contributed by atoms with Crippen molar-refractivity contribution in [3.05, 3.63) is 28.8 Å². The number of tetrazole rings is 1. The molecule has 0 amide bonds. The van der Waals surface area contributed by atoms with E-state index in [0.717, 1.165) is 40.3 Å². The average Bonchev–Trinajstić information content (AvgIpc) is 2.87. The van der Waals surface area contributed by atoms with Crippen molar-refractivity contribution in [2.75, 3.05) is 18.9 Å². The standard InChI is InChI=1S/C13H18ClN5OS/c1-3-20-12-5-4-11(14)8-10(12)9-15-6-7-21-13-16-17-18-19(13)2/h4-5,8,15H,3,6-7,9H2,1-2H3/p+1. The van der Waals surface area contributed by atoms with E-state index in [-0.39, 0.29) is 0 Å². The first kappa shape index (κ1) is 16.1. The largest absolute Gasteiger partial charge is 0.493 e. The first-order valence-corrected chi connectivity index (χ1v) is 8.15. The molecule has 0 atom stereocenters. The number of thioether (sulfide) groups is 1. The van der Waals surface area contributed by atoms with E-state index < -0.39 is 0 Å². The first-order chi connectivity index (χ1) is 10.2. The predicted octanol–water partition coefficient (Wildman–Crippen LogP) is 1.12. The summed E-state index contributed by atoms with van der Waals surface area (Å²) in [5.74, 6) is 1.85. The molecule has 0 aliphatic carbocycles. The average molecular weight is 329 g/mol. The summed E-state index contributed by atoms with van der Waals surface area (Å²) in [6.45, 7) is 4.44. The Labute approximate surface area is 133 Å². The highest BCUT2D eigenvalue weighted by Gasteiger charge is 2.07. The van der Waals surface area contributed by atoms with Gasteiger partial charge in [-0.2, -0.15) is 0 Å². The number of nitrogens with zero attached hydrogens (tertiary/aromatic N) is 4. The number of quaternary nitrogens is 1. The van der Waals surface area contributed by atoms with Gasteiger partial charge in [-0.05, 0) is 35.5 Å². The van der Waals surface area contributed by atoms with Crippen LogP contribution in [-0.4, -0.2) is 39.1 Å². The summed E-state index contributed by atoms with van der Waals surface area (Å²) in [6, 6.07) is 5.74. The minimum absolute atomic E-state index is 0.656. The van der Waals surface area contributed by atoms with Crippen LogP contribution in [0.25, 0.3) is 0 Å². The molecule has 2 rings (SSSR count). The molecule has 0 spiro atoms. The lowest BCUT2D eigenvalue weighted by Crippen LogP contribution is -2.83. The molecule has 0 radical (unpaired) electrons. The van der Waals surface area contributed by atoms with Crippen LogP contribution < -0.4 is 10.1 Å². The Morgan fingerprint density at radius 1 is 1.43 bits per heavy atom. The molecule has 0 saturated heterocycles. The topological polar surface area (TPSA) is 69.4 Å². The van der Waals surface area contributed by atoms with Gasteiger partial charge in [0.1, 0.15) is 12.3 Å². The van der Waals surface area contributed by atoms with Crippen LogP contribution in [0, 0.1) is 0 Å². The third-order valence-electron chi connectivity index (χ3n) is 2.82. The van der Waals surface area contributed by atoms with Crippen molar-refractivity contribution in [2.24, 2.45) is 7.05 Å². The lowest BCUT2D eigenvalue weighted by Gasteiger charge is -2.09. The molecule has 21 heavy (non-hydrogen) atoms. The monoisotopic (exact) mass is 328 g/mol. The van der Waals surface area contributed by atoms with Crippen molar-refractivity contribution < 1.29 is 10.1 Å². The number of ether oxygens (including phenoxy) is 1. The minimum Gasteiger partial charge on any atom is -0.493 e.